The van der Waals surface area contributed by atoms with Crippen molar-refractivity contribution in [1.82, 2.24) is 15.0 Å². The van der Waals surface area contributed by atoms with Crippen LogP contribution < -0.4 is 15.6 Å². The molecule has 0 saturated carbocycles. The molecule has 11 heteroatoms. The fraction of sp³-hybridized carbons (Fsp3) is 0.286. The van der Waals surface area contributed by atoms with Crippen LogP contribution >= 0.6 is 0 Å². The monoisotopic (exact) mass is 531 g/mol. The van der Waals surface area contributed by atoms with Crippen LogP contribution in [0.1, 0.15) is 30.3 Å². The highest BCUT2D eigenvalue weighted by Gasteiger charge is 2.19. The summed E-state index contributed by atoms with van der Waals surface area (Å²) in [6, 6.07) is 10.5. The first kappa shape index (κ1) is 26.1. The Balaban J connectivity index is 1.23. The van der Waals surface area contributed by atoms with Crippen molar-refractivity contribution >= 4 is 29.2 Å². The molecular formula is C28H30FN7O3. The summed E-state index contributed by atoms with van der Waals surface area (Å²) in [5.74, 6) is 0.229. The maximum atomic E-state index is 14.2. The maximum Gasteiger partial charge on any atom is 0.245 e. The summed E-state index contributed by atoms with van der Waals surface area (Å²) in [6.45, 7) is 4.18. The second-order valence-corrected chi connectivity index (χ2v) is 9.13. The van der Waals surface area contributed by atoms with Crippen molar-refractivity contribution in [3.8, 4) is 5.75 Å². The van der Waals surface area contributed by atoms with Gasteiger partial charge in [0.05, 0.1) is 48.7 Å². The molecule has 1 atom stereocenters. The number of phenols is 1. The SMILES string of the molecule is CCc1nc(/C=N/Nc2ncc(F)c(N3CCOCC3)n2)ccc1NC1C=C(O)C(c2cccc(O)c2)=CC1. The molecule has 2 aromatic heterocycles. The molecule has 2 aliphatic rings. The number of aromatic hydroxyl groups is 1. The third-order valence-corrected chi connectivity index (χ3v) is 6.44. The largest absolute Gasteiger partial charge is 0.508 e. The van der Waals surface area contributed by atoms with Crippen molar-refractivity contribution in [3.63, 3.8) is 0 Å². The molecule has 0 bridgehead atoms. The second kappa shape index (κ2) is 11.9. The molecule has 0 amide bonds. The van der Waals surface area contributed by atoms with E-state index in [1.807, 2.05) is 36.1 Å². The lowest BCUT2D eigenvalue weighted by Crippen LogP contribution is -2.37. The van der Waals surface area contributed by atoms with E-state index in [9.17, 15) is 14.6 Å². The van der Waals surface area contributed by atoms with Gasteiger partial charge in [-0.1, -0.05) is 25.1 Å². The number of halogens is 1. The molecule has 39 heavy (non-hydrogen) atoms. The zero-order valence-corrected chi connectivity index (χ0v) is 21.5. The normalized spacial score (nSPS) is 17.6. The van der Waals surface area contributed by atoms with Gasteiger partial charge in [-0.25, -0.2) is 19.8 Å². The van der Waals surface area contributed by atoms with Gasteiger partial charge in [-0.2, -0.15) is 10.1 Å². The van der Waals surface area contributed by atoms with Gasteiger partial charge in [0.1, 0.15) is 11.5 Å². The van der Waals surface area contributed by atoms with Gasteiger partial charge < -0.3 is 25.2 Å². The summed E-state index contributed by atoms with van der Waals surface area (Å²) in [4.78, 5) is 14.7. The molecule has 0 spiro atoms. The van der Waals surface area contributed by atoms with Crippen LogP contribution in [0.2, 0.25) is 0 Å². The molecule has 1 unspecified atom stereocenters. The van der Waals surface area contributed by atoms with E-state index in [1.54, 1.807) is 30.5 Å². The van der Waals surface area contributed by atoms with Gasteiger partial charge in [0.15, 0.2) is 11.6 Å². The summed E-state index contributed by atoms with van der Waals surface area (Å²) < 4.78 is 19.6. The van der Waals surface area contributed by atoms with Crippen molar-refractivity contribution < 1.29 is 19.3 Å². The Kier molecular flexibility index (Phi) is 7.97. The lowest BCUT2D eigenvalue weighted by molar-refractivity contribution is 0.122. The van der Waals surface area contributed by atoms with E-state index >= 15 is 0 Å². The number of hydrogen-bond acceptors (Lipinski definition) is 10. The van der Waals surface area contributed by atoms with Crippen LogP contribution in [0.4, 0.5) is 21.8 Å². The third kappa shape index (κ3) is 6.32. The number of hydrogen-bond donors (Lipinski definition) is 4. The average Bonchev–Trinajstić information content (AvgIpc) is 2.95. The number of anilines is 3. The number of aliphatic hydroxyl groups excluding tert-OH is 1. The standard InChI is InChI=1S/C28H30FN7O3/c1-2-24-25(32-19-6-8-22(26(38)15-19)18-4-3-5-21(37)14-18)9-7-20(33-24)16-31-35-28-30-17-23(29)27(34-28)36-10-12-39-13-11-36/h3-5,7-9,14-17,19,32,37-38H,2,6,10-13H2,1H3,(H,30,34,35)/b31-16+. The van der Waals surface area contributed by atoms with E-state index in [1.165, 1.54) is 0 Å². The van der Waals surface area contributed by atoms with Gasteiger partial charge >= 0.3 is 0 Å². The molecule has 202 valence electrons. The Hall–Kier alpha value is -4.51. The number of nitrogens with zero attached hydrogens (tertiary/aromatic N) is 5. The fourth-order valence-corrected chi connectivity index (χ4v) is 4.49. The zero-order chi connectivity index (χ0) is 27.2. The van der Waals surface area contributed by atoms with Gasteiger partial charge in [-0.15, -0.1) is 0 Å². The number of hydrazone groups is 1. The molecule has 1 aromatic carbocycles. The molecule has 4 N–H and O–H groups in total. The zero-order valence-electron chi connectivity index (χ0n) is 21.5. The van der Waals surface area contributed by atoms with E-state index in [0.717, 1.165) is 23.1 Å². The Labute approximate surface area is 225 Å². The number of aliphatic hydroxyl groups is 1. The van der Waals surface area contributed by atoms with Crippen LogP contribution in [0.3, 0.4) is 0 Å². The van der Waals surface area contributed by atoms with Crippen molar-refractivity contribution in [2.75, 3.05) is 41.9 Å². The number of allylic oxidation sites excluding steroid dienone is 1. The molecule has 1 fully saturated rings. The fourth-order valence-electron chi connectivity index (χ4n) is 4.49. The van der Waals surface area contributed by atoms with Crippen LogP contribution in [-0.2, 0) is 11.2 Å². The second-order valence-electron chi connectivity index (χ2n) is 9.13. The molecule has 0 radical (unpaired) electrons. The van der Waals surface area contributed by atoms with Crippen LogP contribution in [0.5, 0.6) is 5.75 Å². The van der Waals surface area contributed by atoms with Gasteiger partial charge in [0, 0.05) is 18.7 Å². The van der Waals surface area contributed by atoms with Crippen LogP contribution in [0.15, 0.2) is 65.6 Å². The van der Waals surface area contributed by atoms with Crippen LogP contribution in [0.25, 0.3) is 5.57 Å². The minimum Gasteiger partial charge on any atom is -0.508 e. The minimum absolute atomic E-state index is 0.115. The Morgan fingerprint density at radius 1 is 1.18 bits per heavy atom. The van der Waals surface area contributed by atoms with Crippen molar-refractivity contribution in [3.05, 3.63) is 83.3 Å². The number of pyridine rings is 1. The lowest BCUT2D eigenvalue weighted by Gasteiger charge is -2.27. The van der Waals surface area contributed by atoms with Gasteiger partial charge in [-0.3, -0.25) is 0 Å². The smallest absolute Gasteiger partial charge is 0.245 e. The molecule has 5 rings (SSSR count). The minimum atomic E-state index is -0.490. The van der Waals surface area contributed by atoms with E-state index in [0.29, 0.717) is 50.4 Å². The highest BCUT2D eigenvalue weighted by atomic mass is 19.1. The van der Waals surface area contributed by atoms with E-state index in [2.05, 4.69) is 30.8 Å². The average molecular weight is 532 g/mol. The predicted molar refractivity (Wildman–Crippen MR) is 149 cm³/mol. The van der Waals surface area contributed by atoms with E-state index in [-0.39, 0.29) is 29.3 Å². The number of nitrogens with one attached hydrogen (secondary N) is 2. The molecule has 1 aliphatic heterocycles. The number of rotatable bonds is 8. The van der Waals surface area contributed by atoms with Crippen molar-refractivity contribution in [1.29, 1.82) is 0 Å². The summed E-state index contributed by atoms with van der Waals surface area (Å²) in [6.07, 6.45) is 7.76. The summed E-state index contributed by atoms with van der Waals surface area (Å²) in [7, 11) is 0. The van der Waals surface area contributed by atoms with Crippen molar-refractivity contribution in [2.24, 2.45) is 5.10 Å². The highest BCUT2D eigenvalue weighted by molar-refractivity contribution is 5.80. The first-order valence-corrected chi connectivity index (χ1v) is 12.8. The van der Waals surface area contributed by atoms with Gasteiger partial charge in [0.25, 0.3) is 0 Å². The molecule has 1 aliphatic carbocycles. The molecular weight excluding hydrogens is 501 g/mol. The Morgan fingerprint density at radius 3 is 2.79 bits per heavy atom. The molecule has 3 heterocycles. The quantitative estimate of drug-likeness (QED) is 0.249. The summed E-state index contributed by atoms with van der Waals surface area (Å²) >= 11 is 0. The molecule has 10 nitrogen and oxygen atoms in total. The Morgan fingerprint density at radius 2 is 2.03 bits per heavy atom. The Bertz CT molecular complexity index is 1420. The van der Waals surface area contributed by atoms with Crippen molar-refractivity contribution in [2.45, 2.75) is 25.8 Å². The first-order valence-electron chi connectivity index (χ1n) is 12.8. The number of benzene rings is 1. The van der Waals surface area contributed by atoms with Gasteiger partial charge in [-0.05, 0) is 48.7 Å². The number of aryl methyl sites for hydroxylation is 1. The van der Waals surface area contributed by atoms with Gasteiger partial charge in [0.2, 0.25) is 5.95 Å². The lowest BCUT2D eigenvalue weighted by atomic mass is 9.95. The number of phenolic OH excluding ortho intramolecular Hbond substituents is 1. The summed E-state index contributed by atoms with van der Waals surface area (Å²) in [5, 5.41) is 28.0. The number of morpholine rings is 1. The number of aromatic nitrogens is 3. The summed E-state index contributed by atoms with van der Waals surface area (Å²) in [5.41, 5.74) is 6.56. The van der Waals surface area contributed by atoms with E-state index < -0.39 is 5.82 Å². The first-order chi connectivity index (χ1) is 19.0. The van der Waals surface area contributed by atoms with E-state index in [4.69, 9.17) is 4.74 Å². The topological polar surface area (TPSA) is 128 Å². The van der Waals surface area contributed by atoms with Crippen LogP contribution in [0, 0.1) is 5.82 Å². The molecule has 3 aromatic rings. The van der Waals surface area contributed by atoms with Crippen LogP contribution in [-0.4, -0.2) is 63.7 Å². The predicted octanol–water partition coefficient (Wildman–Crippen LogP) is 4.27. The third-order valence-electron chi connectivity index (χ3n) is 6.44. The maximum absolute atomic E-state index is 14.2. The highest BCUT2D eigenvalue weighted by Crippen LogP contribution is 2.30. The number of ether oxygens (including phenoxy) is 1. The molecule has 1 saturated heterocycles.